The van der Waals surface area contributed by atoms with E-state index < -0.39 is 0 Å². The van der Waals surface area contributed by atoms with Crippen LogP contribution in [-0.4, -0.2) is 24.9 Å². The van der Waals surface area contributed by atoms with Gasteiger partial charge in [0, 0.05) is 16.8 Å². The number of hydrogen-bond acceptors (Lipinski definition) is 3. The summed E-state index contributed by atoms with van der Waals surface area (Å²) in [6.45, 7) is 12.3. The van der Waals surface area contributed by atoms with Gasteiger partial charge in [-0.3, -0.25) is 0 Å². The first-order chi connectivity index (χ1) is 12.8. The maximum atomic E-state index is 6.14. The summed E-state index contributed by atoms with van der Waals surface area (Å²) in [5, 5.41) is 3.61. The van der Waals surface area contributed by atoms with Gasteiger partial charge in [0.2, 0.25) is 0 Å². The average molecular weight is 364 g/mol. The lowest BCUT2D eigenvalue weighted by Gasteiger charge is -2.35. The van der Waals surface area contributed by atoms with Crippen molar-refractivity contribution in [1.29, 1.82) is 0 Å². The highest BCUT2D eigenvalue weighted by Crippen LogP contribution is 2.40. The summed E-state index contributed by atoms with van der Waals surface area (Å²) in [5.74, 6) is 0.872. The van der Waals surface area contributed by atoms with Crippen LogP contribution >= 0.6 is 0 Å². The lowest BCUT2D eigenvalue weighted by molar-refractivity contribution is 0.0688. The zero-order chi connectivity index (χ0) is 19.6. The van der Waals surface area contributed by atoms with Crippen molar-refractivity contribution >= 4 is 11.3 Å². The highest BCUT2D eigenvalue weighted by atomic mass is 16.5. The van der Waals surface area contributed by atoms with Crippen molar-refractivity contribution in [2.45, 2.75) is 45.4 Å². The summed E-state index contributed by atoms with van der Waals surface area (Å²) in [6.07, 6.45) is 4.06. The third-order valence-corrected chi connectivity index (χ3v) is 4.91. The molecule has 0 amide bonds. The van der Waals surface area contributed by atoms with Gasteiger partial charge in [0.05, 0.1) is 24.9 Å². The Hall–Kier alpha value is -2.52. The Bertz CT molecular complexity index is 866. The highest BCUT2D eigenvalue weighted by Gasteiger charge is 2.28. The van der Waals surface area contributed by atoms with Gasteiger partial charge < -0.3 is 14.8 Å². The monoisotopic (exact) mass is 363 g/mol. The minimum atomic E-state index is -0.136. The van der Waals surface area contributed by atoms with Gasteiger partial charge in [-0.2, -0.15) is 0 Å². The normalized spacial score (nSPS) is 17.1. The van der Waals surface area contributed by atoms with Crippen LogP contribution in [0.15, 0.2) is 61.2 Å². The summed E-state index contributed by atoms with van der Waals surface area (Å²) >= 11 is 0. The van der Waals surface area contributed by atoms with E-state index in [-0.39, 0.29) is 17.7 Å². The van der Waals surface area contributed by atoms with Gasteiger partial charge in [-0.05, 0) is 57.0 Å². The molecular formula is C24H29NO2. The molecular weight excluding hydrogens is 334 g/mol. The molecule has 0 bridgehead atoms. The Morgan fingerprint density at radius 3 is 2.52 bits per heavy atom. The molecule has 3 heteroatoms. The van der Waals surface area contributed by atoms with E-state index in [9.17, 15) is 0 Å². The van der Waals surface area contributed by atoms with E-state index >= 15 is 0 Å². The Morgan fingerprint density at radius 1 is 1.07 bits per heavy atom. The molecule has 2 unspecified atom stereocenters. The van der Waals surface area contributed by atoms with Crippen molar-refractivity contribution in [3.63, 3.8) is 0 Å². The number of anilines is 1. The minimum Gasteiger partial charge on any atom is -0.496 e. The quantitative estimate of drug-likeness (QED) is 0.645. The van der Waals surface area contributed by atoms with E-state index in [0.717, 1.165) is 22.6 Å². The molecule has 0 fully saturated rings. The van der Waals surface area contributed by atoms with E-state index in [4.69, 9.17) is 9.47 Å². The van der Waals surface area contributed by atoms with E-state index in [1.165, 1.54) is 11.1 Å². The second kappa shape index (κ2) is 7.61. The molecule has 27 heavy (non-hydrogen) atoms. The van der Waals surface area contributed by atoms with Crippen molar-refractivity contribution in [2.75, 3.05) is 12.4 Å². The second-order valence-corrected chi connectivity index (χ2v) is 7.63. The molecule has 0 spiro atoms. The van der Waals surface area contributed by atoms with Gasteiger partial charge in [-0.15, -0.1) is 6.58 Å². The fraction of sp³-hybridized carbons (Fsp3) is 0.333. The molecule has 2 aromatic rings. The average Bonchev–Trinajstić information content (AvgIpc) is 2.66. The van der Waals surface area contributed by atoms with Crippen molar-refractivity contribution in [3.8, 4) is 16.9 Å². The van der Waals surface area contributed by atoms with E-state index in [1.54, 1.807) is 7.11 Å². The zero-order valence-corrected chi connectivity index (χ0v) is 16.9. The van der Waals surface area contributed by atoms with Crippen LogP contribution < -0.4 is 10.1 Å². The minimum absolute atomic E-state index is 0.000233. The fourth-order valence-corrected chi connectivity index (χ4v) is 3.58. The van der Waals surface area contributed by atoms with Gasteiger partial charge in [0.25, 0.3) is 0 Å². The lowest BCUT2D eigenvalue weighted by atomic mass is 9.86. The van der Waals surface area contributed by atoms with Crippen LogP contribution in [0.4, 0.5) is 5.69 Å². The fourth-order valence-electron chi connectivity index (χ4n) is 3.58. The van der Waals surface area contributed by atoms with Gasteiger partial charge in [-0.1, -0.05) is 36.4 Å². The third kappa shape index (κ3) is 4.09. The van der Waals surface area contributed by atoms with Crippen molar-refractivity contribution in [3.05, 3.63) is 66.8 Å². The summed E-state index contributed by atoms with van der Waals surface area (Å²) in [5.41, 5.74) is 5.56. The molecule has 1 aliphatic heterocycles. The van der Waals surface area contributed by atoms with Crippen molar-refractivity contribution in [2.24, 2.45) is 0 Å². The number of fused-ring (bicyclic) bond motifs is 1. The first-order valence-electron chi connectivity index (χ1n) is 9.41. The molecule has 2 atom stereocenters. The SMILES string of the molecule is C=CC(C)OC(C)C1=CC(C)(C)Nc2ccc(-c3ccccc3OC)cc21. The van der Waals surface area contributed by atoms with Crippen molar-refractivity contribution < 1.29 is 9.47 Å². The van der Waals surface area contributed by atoms with Gasteiger partial charge in [0.15, 0.2) is 0 Å². The van der Waals surface area contributed by atoms with Crippen LogP contribution in [0.25, 0.3) is 16.7 Å². The number of rotatable bonds is 6. The molecule has 1 heterocycles. The smallest absolute Gasteiger partial charge is 0.126 e. The first-order valence-corrected chi connectivity index (χ1v) is 9.41. The summed E-state index contributed by atoms with van der Waals surface area (Å²) in [7, 11) is 1.71. The van der Waals surface area contributed by atoms with Crippen LogP contribution in [0.3, 0.4) is 0 Å². The molecule has 1 aliphatic rings. The largest absolute Gasteiger partial charge is 0.496 e. The number of methoxy groups -OCH3 is 1. The number of hydrogen-bond donors (Lipinski definition) is 1. The van der Waals surface area contributed by atoms with Gasteiger partial charge >= 0.3 is 0 Å². The zero-order valence-electron chi connectivity index (χ0n) is 16.9. The van der Waals surface area contributed by atoms with E-state index in [2.05, 4.69) is 63.0 Å². The standard InChI is InChI=1S/C24H29NO2/c1-7-16(2)27-17(3)21-15-24(4,5)25-22-13-12-18(14-20(21)22)19-10-8-9-11-23(19)26-6/h7-17,25H,1H2,2-6H3. The number of benzene rings is 2. The van der Waals surface area contributed by atoms with Gasteiger partial charge in [-0.25, -0.2) is 0 Å². The summed E-state index contributed by atoms with van der Waals surface area (Å²) in [6, 6.07) is 14.6. The molecule has 3 rings (SSSR count). The molecule has 142 valence electrons. The number of para-hydroxylation sites is 1. The van der Waals surface area contributed by atoms with Crippen LogP contribution in [-0.2, 0) is 4.74 Å². The predicted octanol–water partition coefficient (Wildman–Crippen LogP) is 5.93. The Labute approximate surface area is 162 Å². The van der Waals surface area contributed by atoms with Crippen LogP contribution in [0.5, 0.6) is 5.75 Å². The highest BCUT2D eigenvalue weighted by molar-refractivity contribution is 5.86. The lowest BCUT2D eigenvalue weighted by Crippen LogP contribution is -2.34. The predicted molar refractivity (Wildman–Crippen MR) is 114 cm³/mol. The molecule has 0 aromatic heterocycles. The van der Waals surface area contributed by atoms with Crippen LogP contribution in [0.2, 0.25) is 0 Å². The number of ether oxygens (including phenoxy) is 2. The third-order valence-electron chi connectivity index (χ3n) is 4.91. The maximum Gasteiger partial charge on any atom is 0.126 e. The summed E-state index contributed by atoms with van der Waals surface area (Å²) < 4.78 is 11.7. The first kappa shape index (κ1) is 19.2. The molecule has 2 aromatic carbocycles. The van der Waals surface area contributed by atoms with Crippen LogP contribution in [0.1, 0.15) is 33.3 Å². The molecule has 3 nitrogen and oxygen atoms in total. The van der Waals surface area contributed by atoms with E-state index in [0.29, 0.717) is 0 Å². The number of nitrogens with one attached hydrogen (secondary N) is 1. The topological polar surface area (TPSA) is 30.5 Å². The maximum absolute atomic E-state index is 6.14. The Kier molecular flexibility index (Phi) is 5.43. The van der Waals surface area contributed by atoms with Crippen molar-refractivity contribution in [1.82, 2.24) is 0 Å². The molecule has 0 saturated carbocycles. The Balaban J connectivity index is 2.07. The molecule has 0 aliphatic carbocycles. The van der Waals surface area contributed by atoms with Gasteiger partial charge in [0.1, 0.15) is 5.75 Å². The molecule has 0 radical (unpaired) electrons. The van der Waals surface area contributed by atoms with Crippen LogP contribution in [0, 0.1) is 0 Å². The molecule has 1 N–H and O–H groups in total. The summed E-state index contributed by atoms with van der Waals surface area (Å²) in [4.78, 5) is 0. The molecule has 0 saturated heterocycles. The van der Waals surface area contributed by atoms with E-state index in [1.807, 2.05) is 31.2 Å². The second-order valence-electron chi connectivity index (χ2n) is 7.63. The Morgan fingerprint density at radius 2 is 1.81 bits per heavy atom.